The molecule has 2 heterocycles. The average Bonchev–Trinajstić information content (AvgIpc) is 2.61. The molecule has 1 fully saturated rings. The molecule has 0 radical (unpaired) electrons. The lowest BCUT2D eigenvalue weighted by Crippen LogP contribution is -2.47. The Hall–Kier alpha value is -1.69. The van der Waals surface area contributed by atoms with Gasteiger partial charge in [0.2, 0.25) is 5.91 Å². The van der Waals surface area contributed by atoms with Crippen molar-refractivity contribution < 1.29 is 9.90 Å². The van der Waals surface area contributed by atoms with Gasteiger partial charge in [0.05, 0.1) is 11.8 Å². The van der Waals surface area contributed by atoms with E-state index in [0.29, 0.717) is 6.54 Å². The van der Waals surface area contributed by atoms with Crippen LogP contribution < -0.4 is 10.2 Å². The lowest BCUT2D eigenvalue weighted by Gasteiger charge is -2.33. The summed E-state index contributed by atoms with van der Waals surface area (Å²) in [6.45, 7) is 6.10. The molecule has 6 nitrogen and oxygen atoms in total. The highest BCUT2D eigenvalue weighted by atomic mass is 16.3. The standard InChI is InChI=1S/C18H30N4O2/c1-3-7-18(24,8-4-2)14-21-17(23)15-5-11-22(12-6-15)16-13-19-9-10-20-16/h9-10,13,15,24H,3-8,11-12,14H2,1-2H3,(H,21,23). The van der Waals surface area contributed by atoms with Crippen LogP contribution in [0.15, 0.2) is 18.6 Å². The molecule has 1 aromatic rings. The third-order valence-corrected chi connectivity index (χ3v) is 4.76. The number of hydrogen-bond acceptors (Lipinski definition) is 5. The predicted molar refractivity (Wildman–Crippen MR) is 94.7 cm³/mol. The van der Waals surface area contributed by atoms with Gasteiger partial charge in [-0.3, -0.25) is 9.78 Å². The van der Waals surface area contributed by atoms with Gasteiger partial charge in [0, 0.05) is 37.9 Å². The van der Waals surface area contributed by atoms with Gasteiger partial charge in [-0.1, -0.05) is 26.7 Å². The van der Waals surface area contributed by atoms with Gasteiger partial charge in [0.25, 0.3) is 0 Å². The fourth-order valence-corrected chi connectivity index (χ4v) is 3.45. The van der Waals surface area contributed by atoms with Gasteiger partial charge >= 0.3 is 0 Å². The van der Waals surface area contributed by atoms with E-state index >= 15 is 0 Å². The second kappa shape index (κ2) is 8.97. The SMILES string of the molecule is CCCC(O)(CCC)CNC(=O)C1CCN(c2cnccn2)CC1. The zero-order chi connectivity index (χ0) is 17.4. The van der Waals surface area contributed by atoms with E-state index in [1.54, 1.807) is 18.6 Å². The predicted octanol–water partition coefficient (Wildman–Crippen LogP) is 2.14. The zero-order valence-electron chi connectivity index (χ0n) is 14.9. The first kappa shape index (κ1) is 18.6. The molecular formula is C18H30N4O2. The first-order valence-electron chi connectivity index (χ1n) is 9.09. The smallest absolute Gasteiger partial charge is 0.223 e. The molecule has 2 N–H and O–H groups in total. The van der Waals surface area contributed by atoms with E-state index in [1.807, 2.05) is 0 Å². The number of nitrogens with zero attached hydrogens (tertiary/aromatic N) is 3. The van der Waals surface area contributed by atoms with Gasteiger partial charge in [-0.25, -0.2) is 4.98 Å². The van der Waals surface area contributed by atoms with Gasteiger partial charge in [0.1, 0.15) is 5.82 Å². The number of carbonyl (C=O) groups is 1. The Morgan fingerprint density at radius 2 is 1.96 bits per heavy atom. The Morgan fingerprint density at radius 1 is 1.29 bits per heavy atom. The van der Waals surface area contributed by atoms with Crippen molar-refractivity contribution in [3.05, 3.63) is 18.6 Å². The van der Waals surface area contributed by atoms with Crippen LogP contribution in [0.4, 0.5) is 5.82 Å². The maximum atomic E-state index is 12.4. The molecule has 1 aliphatic rings. The lowest BCUT2D eigenvalue weighted by molar-refractivity contribution is -0.127. The van der Waals surface area contributed by atoms with E-state index in [1.165, 1.54) is 0 Å². The Kier molecular flexibility index (Phi) is 6.97. The zero-order valence-corrected chi connectivity index (χ0v) is 14.9. The number of rotatable bonds is 8. The van der Waals surface area contributed by atoms with Crippen molar-refractivity contribution in [3.8, 4) is 0 Å². The molecule has 0 aliphatic carbocycles. The topological polar surface area (TPSA) is 78.4 Å². The number of aliphatic hydroxyl groups is 1. The van der Waals surface area contributed by atoms with Gasteiger partial charge in [-0.2, -0.15) is 0 Å². The molecular weight excluding hydrogens is 304 g/mol. The summed E-state index contributed by atoms with van der Waals surface area (Å²) in [5.41, 5.74) is -0.764. The first-order valence-corrected chi connectivity index (χ1v) is 9.09. The molecule has 1 aliphatic heterocycles. The summed E-state index contributed by atoms with van der Waals surface area (Å²) in [7, 11) is 0. The summed E-state index contributed by atoms with van der Waals surface area (Å²) in [4.78, 5) is 23.0. The Labute approximate surface area is 144 Å². The lowest BCUT2D eigenvalue weighted by atomic mass is 9.91. The van der Waals surface area contributed by atoms with E-state index in [0.717, 1.165) is 57.4 Å². The molecule has 6 heteroatoms. The Morgan fingerprint density at radius 3 is 2.50 bits per heavy atom. The van der Waals surface area contributed by atoms with Crippen molar-refractivity contribution in [2.24, 2.45) is 5.92 Å². The normalized spacial score (nSPS) is 16.2. The van der Waals surface area contributed by atoms with Crippen LogP contribution in [0.3, 0.4) is 0 Å². The van der Waals surface area contributed by atoms with Crippen LogP contribution in [-0.2, 0) is 4.79 Å². The molecule has 0 aromatic carbocycles. The fourth-order valence-electron chi connectivity index (χ4n) is 3.45. The molecule has 0 spiro atoms. The second-order valence-electron chi connectivity index (χ2n) is 6.77. The Bertz CT molecular complexity index is 495. The summed E-state index contributed by atoms with van der Waals surface area (Å²) in [5, 5.41) is 13.6. The van der Waals surface area contributed by atoms with Crippen LogP contribution in [0.5, 0.6) is 0 Å². The molecule has 1 aromatic heterocycles. The van der Waals surface area contributed by atoms with Crippen LogP contribution in [0.1, 0.15) is 52.4 Å². The van der Waals surface area contributed by atoms with Crippen LogP contribution in [0, 0.1) is 5.92 Å². The van der Waals surface area contributed by atoms with Crippen molar-refractivity contribution in [3.63, 3.8) is 0 Å². The maximum absolute atomic E-state index is 12.4. The van der Waals surface area contributed by atoms with Crippen LogP contribution in [-0.4, -0.2) is 46.2 Å². The van der Waals surface area contributed by atoms with Crippen molar-refractivity contribution in [2.75, 3.05) is 24.5 Å². The molecule has 0 bridgehead atoms. The highest BCUT2D eigenvalue weighted by molar-refractivity contribution is 5.79. The first-order chi connectivity index (χ1) is 11.6. The summed E-state index contributed by atoms with van der Waals surface area (Å²) >= 11 is 0. The number of nitrogens with one attached hydrogen (secondary N) is 1. The number of amides is 1. The molecule has 1 saturated heterocycles. The molecule has 24 heavy (non-hydrogen) atoms. The number of anilines is 1. The third kappa shape index (κ3) is 5.16. The van der Waals surface area contributed by atoms with E-state index < -0.39 is 5.60 Å². The van der Waals surface area contributed by atoms with Crippen LogP contribution in [0.2, 0.25) is 0 Å². The molecule has 134 valence electrons. The molecule has 0 saturated carbocycles. The van der Waals surface area contributed by atoms with Crippen LogP contribution in [0.25, 0.3) is 0 Å². The third-order valence-electron chi connectivity index (χ3n) is 4.76. The molecule has 2 rings (SSSR count). The second-order valence-corrected chi connectivity index (χ2v) is 6.77. The highest BCUT2D eigenvalue weighted by Gasteiger charge is 2.29. The quantitative estimate of drug-likeness (QED) is 0.761. The summed E-state index contributed by atoms with van der Waals surface area (Å²) in [5.74, 6) is 0.960. The van der Waals surface area contributed by atoms with Gasteiger partial charge in [-0.15, -0.1) is 0 Å². The average molecular weight is 334 g/mol. The monoisotopic (exact) mass is 334 g/mol. The largest absolute Gasteiger partial charge is 0.388 e. The minimum absolute atomic E-state index is 0.0189. The number of hydrogen-bond donors (Lipinski definition) is 2. The molecule has 0 unspecified atom stereocenters. The minimum atomic E-state index is -0.764. The molecule has 0 atom stereocenters. The van der Waals surface area contributed by atoms with E-state index in [2.05, 4.69) is 34.0 Å². The molecule has 1 amide bonds. The fraction of sp³-hybridized carbons (Fsp3) is 0.722. The van der Waals surface area contributed by atoms with E-state index in [4.69, 9.17) is 0 Å². The van der Waals surface area contributed by atoms with Crippen molar-refractivity contribution >= 4 is 11.7 Å². The van der Waals surface area contributed by atoms with Gasteiger partial charge < -0.3 is 15.3 Å². The maximum Gasteiger partial charge on any atom is 0.223 e. The Balaban J connectivity index is 1.80. The summed E-state index contributed by atoms with van der Waals surface area (Å²) < 4.78 is 0. The number of aromatic nitrogens is 2. The number of piperidine rings is 1. The minimum Gasteiger partial charge on any atom is -0.388 e. The van der Waals surface area contributed by atoms with Gasteiger partial charge in [0.15, 0.2) is 0 Å². The summed E-state index contributed by atoms with van der Waals surface area (Å²) in [6.07, 6.45) is 10.0. The van der Waals surface area contributed by atoms with Crippen molar-refractivity contribution in [2.45, 2.75) is 58.0 Å². The highest BCUT2D eigenvalue weighted by Crippen LogP contribution is 2.22. The van der Waals surface area contributed by atoms with E-state index in [9.17, 15) is 9.90 Å². The van der Waals surface area contributed by atoms with Gasteiger partial charge in [-0.05, 0) is 25.7 Å². The van der Waals surface area contributed by atoms with E-state index in [-0.39, 0.29) is 11.8 Å². The number of carbonyl (C=O) groups excluding carboxylic acids is 1. The van der Waals surface area contributed by atoms with Crippen molar-refractivity contribution in [1.29, 1.82) is 0 Å². The van der Waals surface area contributed by atoms with Crippen LogP contribution >= 0.6 is 0 Å². The van der Waals surface area contributed by atoms with Crippen molar-refractivity contribution in [1.82, 2.24) is 15.3 Å². The summed E-state index contributed by atoms with van der Waals surface area (Å²) in [6, 6.07) is 0.